The summed E-state index contributed by atoms with van der Waals surface area (Å²) < 4.78 is 6.32. The number of hydrogen-bond acceptors (Lipinski definition) is 3. The van der Waals surface area contributed by atoms with Crippen LogP contribution in [0.25, 0.3) is 0 Å². The highest BCUT2D eigenvalue weighted by molar-refractivity contribution is 6.74. The molecule has 0 spiro atoms. The van der Waals surface area contributed by atoms with E-state index in [0.29, 0.717) is 13.0 Å². The largest absolute Gasteiger partial charge is 0.413 e. The predicted octanol–water partition coefficient (Wildman–Crippen LogP) is 4.30. The average molecular weight is 335 g/mol. The minimum Gasteiger partial charge on any atom is -0.413 e. The zero-order chi connectivity index (χ0) is 17.4. The monoisotopic (exact) mass is 334 g/mol. The molecule has 0 amide bonds. The molecule has 128 valence electrons. The fourth-order valence-corrected chi connectivity index (χ4v) is 4.22. The van der Waals surface area contributed by atoms with Gasteiger partial charge in [-0.1, -0.05) is 33.8 Å². The summed E-state index contributed by atoms with van der Waals surface area (Å²) in [5.74, 6) is 0.0378. The van der Waals surface area contributed by atoms with E-state index in [1.165, 1.54) is 17.7 Å². The van der Waals surface area contributed by atoms with Crippen molar-refractivity contribution in [1.82, 2.24) is 0 Å². The van der Waals surface area contributed by atoms with Gasteiger partial charge in [0.05, 0.1) is 6.61 Å². The van der Waals surface area contributed by atoms with Crippen molar-refractivity contribution in [2.24, 2.45) is 17.8 Å². The van der Waals surface area contributed by atoms with Crippen LogP contribution < -0.4 is 0 Å². The molecule has 3 nitrogen and oxygen atoms in total. The van der Waals surface area contributed by atoms with Crippen molar-refractivity contribution in [2.75, 3.05) is 6.61 Å². The molecule has 4 heteroatoms. The van der Waals surface area contributed by atoms with Crippen LogP contribution in [0.5, 0.6) is 0 Å². The van der Waals surface area contributed by atoms with Gasteiger partial charge < -0.3 is 4.43 Å². The number of fused-ring (bicyclic) bond motifs is 1. The number of ketones is 2. The van der Waals surface area contributed by atoms with Gasteiger partial charge in [0.1, 0.15) is 0 Å². The Balaban J connectivity index is 2.16. The molecule has 0 aromatic heterocycles. The second-order valence-corrected chi connectivity index (χ2v) is 13.2. The van der Waals surface area contributed by atoms with Gasteiger partial charge in [-0.3, -0.25) is 9.59 Å². The van der Waals surface area contributed by atoms with Crippen molar-refractivity contribution < 1.29 is 14.0 Å². The first-order valence-corrected chi connectivity index (χ1v) is 11.6. The summed E-state index contributed by atoms with van der Waals surface area (Å²) in [6.07, 6.45) is 6.70. The maximum Gasteiger partial charge on any atom is 0.192 e. The Labute approximate surface area is 141 Å². The summed E-state index contributed by atoms with van der Waals surface area (Å²) in [6.45, 7) is 13.9. The van der Waals surface area contributed by atoms with Gasteiger partial charge in [-0.25, -0.2) is 0 Å². The van der Waals surface area contributed by atoms with Crippen LogP contribution in [0.15, 0.2) is 23.8 Å². The molecule has 0 saturated carbocycles. The van der Waals surface area contributed by atoms with E-state index in [9.17, 15) is 9.59 Å². The lowest BCUT2D eigenvalue weighted by Crippen LogP contribution is -2.43. The zero-order valence-corrected chi connectivity index (χ0v) is 16.3. The third kappa shape index (κ3) is 3.74. The Bertz CT molecular complexity index is 551. The summed E-state index contributed by atoms with van der Waals surface area (Å²) in [7, 11) is -1.80. The summed E-state index contributed by atoms with van der Waals surface area (Å²) in [5.41, 5.74) is 1.19. The lowest BCUT2D eigenvalue weighted by atomic mass is 9.66. The average Bonchev–Trinajstić information content (AvgIpc) is 2.47. The zero-order valence-electron chi connectivity index (χ0n) is 15.3. The summed E-state index contributed by atoms with van der Waals surface area (Å²) in [4.78, 5) is 24.4. The summed E-state index contributed by atoms with van der Waals surface area (Å²) >= 11 is 0. The maximum atomic E-state index is 12.2. The van der Waals surface area contributed by atoms with Gasteiger partial charge in [0.25, 0.3) is 0 Å². The normalized spacial score (nSPS) is 28.6. The predicted molar refractivity (Wildman–Crippen MR) is 95.8 cm³/mol. The molecule has 0 bridgehead atoms. The fraction of sp³-hybridized carbons (Fsp3) is 0.684. The minimum atomic E-state index is -1.80. The quantitative estimate of drug-likeness (QED) is 0.568. The molecular formula is C19H30O3Si. The number of hydrogen-bond donors (Lipinski definition) is 0. The first kappa shape index (κ1) is 18.3. The van der Waals surface area contributed by atoms with Crippen molar-refractivity contribution in [3.8, 4) is 0 Å². The Hall–Kier alpha value is -1.00. The van der Waals surface area contributed by atoms with Crippen LogP contribution in [-0.2, 0) is 14.0 Å². The smallest absolute Gasteiger partial charge is 0.192 e. The van der Waals surface area contributed by atoms with Gasteiger partial charge in [0.15, 0.2) is 19.9 Å². The fourth-order valence-electron chi connectivity index (χ4n) is 3.24. The molecule has 0 aromatic rings. The number of carbonyl (C=O) groups excluding carboxylic acids is 2. The Morgan fingerprint density at radius 3 is 2.35 bits per heavy atom. The van der Waals surface area contributed by atoms with Crippen molar-refractivity contribution in [2.45, 2.75) is 58.7 Å². The first-order chi connectivity index (χ1) is 10.6. The van der Waals surface area contributed by atoms with E-state index in [1.807, 2.05) is 0 Å². The van der Waals surface area contributed by atoms with Crippen LogP contribution in [0, 0.1) is 17.8 Å². The highest BCUT2D eigenvalue weighted by Crippen LogP contribution is 2.41. The van der Waals surface area contributed by atoms with Crippen LogP contribution >= 0.6 is 0 Å². The molecule has 0 aliphatic heterocycles. The highest BCUT2D eigenvalue weighted by atomic mass is 28.4. The van der Waals surface area contributed by atoms with Crippen LogP contribution in [0.2, 0.25) is 18.1 Å². The van der Waals surface area contributed by atoms with Crippen molar-refractivity contribution in [1.29, 1.82) is 0 Å². The molecule has 2 aliphatic carbocycles. The van der Waals surface area contributed by atoms with E-state index < -0.39 is 8.32 Å². The van der Waals surface area contributed by atoms with Gasteiger partial charge in [-0.2, -0.15) is 0 Å². The van der Waals surface area contributed by atoms with Crippen LogP contribution in [0.4, 0.5) is 0 Å². The molecule has 0 heterocycles. The molecule has 2 aliphatic rings. The van der Waals surface area contributed by atoms with Crippen LogP contribution in [-0.4, -0.2) is 26.5 Å². The molecule has 0 radical (unpaired) electrons. The molecule has 3 atom stereocenters. The first-order valence-electron chi connectivity index (χ1n) is 8.66. The Kier molecular flexibility index (Phi) is 5.17. The molecule has 23 heavy (non-hydrogen) atoms. The second-order valence-electron chi connectivity index (χ2n) is 8.42. The lowest BCUT2D eigenvalue weighted by molar-refractivity contribution is -0.130. The molecular weight excluding hydrogens is 304 g/mol. The summed E-state index contributed by atoms with van der Waals surface area (Å²) in [6, 6.07) is 0. The Morgan fingerprint density at radius 1 is 1.17 bits per heavy atom. The second kappa shape index (κ2) is 6.48. The van der Waals surface area contributed by atoms with Gasteiger partial charge in [0, 0.05) is 11.8 Å². The van der Waals surface area contributed by atoms with Gasteiger partial charge in [-0.15, -0.1) is 0 Å². The van der Waals surface area contributed by atoms with Crippen LogP contribution in [0.3, 0.4) is 0 Å². The van der Waals surface area contributed by atoms with Crippen molar-refractivity contribution in [3.05, 3.63) is 23.8 Å². The standard InChI is InChI=1S/C19H30O3Si/c1-7-14-10-13(12-22-23(5,6)19(2,3)4)11-15-16(20)8-9-17(21)18(14)15/h8-10,14-15,18H,7,11-12H2,1-6H3/t14-,15-,18-/m0/s1. The van der Waals surface area contributed by atoms with E-state index >= 15 is 0 Å². The van der Waals surface area contributed by atoms with Gasteiger partial charge in [-0.05, 0) is 54.6 Å². The number of carbonyl (C=O) groups is 2. The molecule has 0 fully saturated rings. The van der Waals surface area contributed by atoms with Crippen LogP contribution in [0.1, 0.15) is 40.5 Å². The highest BCUT2D eigenvalue weighted by Gasteiger charge is 2.42. The van der Waals surface area contributed by atoms with Gasteiger partial charge >= 0.3 is 0 Å². The summed E-state index contributed by atoms with van der Waals surface area (Å²) in [5, 5.41) is 0.175. The van der Waals surface area contributed by atoms with E-state index in [-0.39, 0.29) is 34.4 Å². The number of rotatable bonds is 4. The molecule has 2 rings (SSSR count). The molecule has 0 aromatic carbocycles. The van der Waals surface area contributed by atoms with E-state index in [1.54, 1.807) is 0 Å². The third-order valence-electron chi connectivity index (χ3n) is 5.83. The third-order valence-corrected chi connectivity index (χ3v) is 10.3. The molecule has 0 unspecified atom stereocenters. The SMILES string of the molecule is CC[C@H]1C=C(CO[Si](C)(C)C(C)(C)C)C[C@H]2C(=O)C=CC(=O)[C@@H]12. The topological polar surface area (TPSA) is 43.4 Å². The van der Waals surface area contributed by atoms with Crippen molar-refractivity contribution >= 4 is 19.9 Å². The Morgan fingerprint density at radius 2 is 1.78 bits per heavy atom. The van der Waals surface area contributed by atoms with E-state index in [0.717, 1.165) is 6.42 Å². The van der Waals surface area contributed by atoms with E-state index in [4.69, 9.17) is 4.43 Å². The van der Waals surface area contributed by atoms with Gasteiger partial charge in [0.2, 0.25) is 0 Å². The molecule has 0 saturated heterocycles. The minimum absolute atomic E-state index is 0.103. The molecule has 0 N–H and O–H groups in total. The maximum absolute atomic E-state index is 12.2. The lowest BCUT2D eigenvalue weighted by Gasteiger charge is -2.39. The van der Waals surface area contributed by atoms with E-state index in [2.05, 4.69) is 46.9 Å². The number of allylic oxidation sites excluding steroid dienone is 3. The van der Waals surface area contributed by atoms with Crippen molar-refractivity contribution in [3.63, 3.8) is 0 Å².